The number of methoxy groups -OCH3 is 1. The monoisotopic (exact) mass is 278 g/mol. The molecule has 1 fully saturated rings. The van der Waals surface area contributed by atoms with Crippen LogP contribution in [-0.4, -0.2) is 24.8 Å². The summed E-state index contributed by atoms with van der Waals surface area (Å²) in [6, 6.07) is 4.68. The number of benzene rings is 1. The van der Waals surface area contributed by atoms with Crippen molar-refractivity contribution >= 4 is 5.97 Å². The van der Waals surface area contributed by atoms with Crippen LogP contribution in [-0.2, 0) is 4.74 Å². The lowest BCUT2D eigenvalue weighted by molar-refractivity contribution is 0.0597. The van der Waals surface area contributed by atoms with Crippen molar-refractivity contribution in [2.75, 3.05) is 13.7 Å². The van der Waals surface area contributed by atoms with E-state index in [1.807, 2.05) is 0 Å². The van der Waals surface area contributed by atoms with Crippen molar-refractivity contribution in [1.82, 2.24) is 0 Å². The maximum atomic E-state index is 11.3. The summed E-state index contributed by atoms with van der Waals surface area (Å²) in [6.07, 6.45) is 7.68. The molecule has 0 aliphatic heterocycles. The molecule has 110 valence electrons. The predicted molar refractivity (Wildman–Crippen MR) is 76.1 cm³/mol. The highest BCUT2D eigenvalue weighted by atomic mass is 16.5. The molecule has 0 bridgehead atoms. The summed E-state index contributed by atoms with van der Waals surface area (Å²) in [5, 5.41) is 9.76. The van der Waals surface area contributed by atoms with Gasteiger partial charge in [-0.2, -0.15) is 0 Å². The summed E-state index contributed by atoms with van der Waals surface area (Å²) in [4.78, 5) is 11.3. The fraction of sp³-hybridized carbons (Fsp3) is 0.562. The van der Waals surface area contributed by atoms with Crippen LogP contribution in [0.25, 0.3) is 0 Å². The van der Waals surface area contributed by atoms with Crippen molar-refractivity contribution in [2.24, 2.45) is 5.92 Å². The number of phenols is 1. The third-order valence-corrected chi connectivity index (χ3v) is 3.89. The molecule has 1 aliphatic carbocycles. The Morgan fingerprint density at radius 2 is 2.05 bits per heavy atom. The summed E-state index contributed by atoms with van der Waals surface area (Å²) in [5.74, 6) is 0.709. The Hall–Kier alpha value is -1.71. The minimum atomic E-state index is -0.545. The van der Waals surface area contributed by atoms with E-state index in [4.69, 9.17) is 4.74 Å². The van der Waals surface area contributed by atoms with Crippen LogP contribution < -0.4 is 4.74 Å². The van der Waals surface area contributed by atoms with Gasteiger partial charge in [-0.05, 0) is 24.5 Å². The average molecular weight is 278 g/mol. The summed E-state index contributed by atoms with van der Waals surface area (Å²) < 4.78 is 10.2. The Morgan fingerprint density at radius 3 is 2.70 bits per heavy atom. The van der Waals surface area contributed by atoms with Crippen LogP contribution in [0.2, 0.25) is 0 Å². The maximum absolute atomic E-state index is 11.3. The molecule has 0 amide bonds. The highest BCUT2D eigenvalue weighted by Gasteiger charge is 2.14. The van der Waals surface area contributed by atoms with Crippen molar-refractivity contribution in [3.05, 3.63) is 23.8 Å². The van der Waals surface area contributed by atoms with Crippen molar-refractivity contribution in [2.45, 2.75) is 38.5 Å². The number of carbonyl (C=O) groups excluding carboxylic acids is 1. The van der Waals surface area contributed by atoms with Crippen LogP contribution in [0.1, 0.15) is 48.9 Å². The van der Waals surface area contributed by atoms with Crippen molar-refractivity contribution in [1.29, 1.82) is 0 Å². The van der Waals surface area contributed by atoms with E-state index in [2.05, 4.69) is 4.74 Å². The van der Waals surface area contributed by atoms with Crippen LogP contribution in [0.15, 0.2) is 18.2 Å². The highest BCUT2D eigenvalue weighted by Crippen LogP contribution is 2.27. The number of phenolic OH excluding ortho intramolecular Hbond substituents is 1. The molecular weight excluding hydrogens is 256 g/mol. The first-order chi connectivity index (χ1) is 9.70. The molecule has 0 unspecified atom stereocenters. The molecule has 0 radical (unpaired) electrons. The van der Waals surface area contributed by atoms with Crippen LogP contribution >= 0.6 is 0 Å². The molecule has 20 heavy (non-hydrogen) atoms. The number of ether oxygens (including phenoxy) is 2. The molecule has 1 N–H and O–H groups in total. The lowest BCUT2D eigenvalue weighted by Gasteiger charge is -2.21. The van der Waals surface area contributed by atoms with Crippen molar-refractivity contribution in [3.63, 3.8) is 0 Å². The van der Waals surface area contributed by atoms with Gasteiger partial charge in [0.1, 0.15) is 17.1 Å². The second kappa shape index (κ2) is 7.17. The van der Waals surface area contributed by atoms with E-state index in [0.717, 1.165) is 12.3 Å². The van der Waals surface area contributed by atoms with E-state index >= 15 is 0 Å². The lowest BCUT2D eigenvalue weighted by Crippen LogP contribution is -2.10. The molecule has 1 aromatic carbocycles. The van der Waals surface area contributed by atoms with Gasteiger partial charge in [0.05, 0.1) is 13.7 Å². The number of hydrogen-bond acceptors (Lipinski definition) is 4. The largest absolute Gasteiger partial charge is 0.507 e. The average Bonchev–Trinajstić information content (AvgIpc) is 2.48. The molecule has 1 aliphatic rings. The Labute approximate surface area is 119 Å². The molecule has 0 saturated heterocycles. The van der Waals surface area contributed by atoms with Crippen molar-refractivity contribution < 1.29 is 19.4 Å². The van der Waals surface area contributed by atoms with Gasteiger partial charge < -0.3 is 14.6 Å². The van der Waals surface area contributed by atoms with Gasteiger partial charge in [0.25, 0.3) is 0 Å². The van der Waals surface area contributed by atoms with Gasteiger partial charge >= 0.3 is 5.97 Å². The number of carbonyl (C=O) groups is 1. The van der Waals surface area contributed by atoms with Gasteiger partial charge in [-0.3, -0.25) is 0 Å². The summed E-state index contributed by atoms with van der Waals surface area (Å²) in [6.45, 7) is 0.654. The van der Waals surface area contributed by atoms with Gasteiger partial charge in [0.2, 0.25) is 0 Å². The summed E-state index contributed by atoms with van der Waals surface area (Å²) >= 11 is 0. The molecule has 0 aromatic heterocycles. The summed E-state index contributed by atoms with van der Waals surface area (Å²) in [5.41, 5.74) is 0.159. The van der Waals surface area contributed by atoms with Crippen LogP contribution in [0.4, 0.5) is 0 Å². The maximum Gasteiger partial charge on any atom is 0.341 e. The summed E-state index contributed by atoms with van der Waals surface area (Å²) in [7, 11) is 1.29. The predicted octanol–water partition coefficient (Wildman–Crippen LogP) is 3.53. The van der Waals surface area contributed by atoms with Crippen molar-refractivity contribution in [3.8, 4) is 11.5 Å². The number of aromatic hydroxyl groups is 1. The molecule has 0 atom stereocenters. The molecule has 0 spiro atoms. The zero-order valence-corrected chi connectivity index (χ0v) is 11.9. The molecule has 1 aromatic rings. The number of rotatable bonds is 5. The third-order valence-electron chi connectivity index (χ3n) is 3.89. The Bertz CT molecular complexity index is 450. The van der Waals surface area contributed by atoms with E-state index in [1.165, 1.54) is 51.3 Å². The minimum Gasteiger partial charge on any atom is -0.507 e. The molecule has 2 rings (SSSR count). The first kappa shape index (κ1) is 14.7. The zero-order valence-electron chi connectivity index (χ0n) is 11.9. The third kappa shape index (κ3) is 3.89. The van der Waals surface area contributed by atoms with E-state index in [9.17, 15) is 9.90 Å². The standard InChI is InChI=1S/C16H22O4/c1-19-16(18)14-8-7-13(11-15(14)17)20-10-9-12-5-3-2-4-6-12/h7-8,11-12,17H,2-6,9-10H2,1H3. The van der Waals surface area contributed by atoms with Gasteiger partial charge in [0, 0.05) is 6.07 Å². The first-order valence-corrected chi connectivity index (χ1v) is 7.25. The van der Waals surface area contributed by atoms with Gasteiger partial charge in [-0.1, -0.05) is 32.1 Å². The normalized spacial score (nSPS) is 15.8. The minimum absolute atomic E-state index is 0.105. The van der Waals surface area contributed by atoms with Gasteiger partial charge in [-0.25, -0.2) is 4.79 Å². The van der Waals surface area contributed by atoms with E-state index in [1.54, 1.807) is 6.07 Å². The van der Waals surface area contributed by atoms with E-state index in [-0.39, 0.29) is 11.3 Å². The molecular formula is C16H22O4. The second-order valence-electron chi connectivity index (χ2n) is 5.31. The van der Waals surface area contributed by atoms with Crippen LogP contribution in [0, 0.1) is 5.92 Å². The topological polar surface area (TPSA) is 55.8 Å². The zero-order chi connectivity index (χ0) is 14.4. The Kier molecular flexibility index (Phi) is 5.27. The van der Waals surface area contributed by atoms with E-state index in [0.29, 0.717) is 12.4 Å². The quantitative estimate of drug-likeness (QED) is 0.837. The Morgan fingerprint density at radius 1 is 1.30 bits per heavy atom. The first-order valence-electron chi connectivity index (χ1n) is 7.25. The number of esters is 1. The fourth-order valence-electron chi connectivity index (χ4n) is 2.70. The van der Waals surface area contributed by atoms with Gasteiger partial charge in [-0.15, -0.1) is 0 Å². The molecule has 4 nitrogen and oxygen atoms in total. The van der Waals surface area contributed by atoms with Crippen LogP contribution in [0.3, 0.4) is 0 Å². The highest BCUT2D eigenvalue weighted by molar-refractivity contribution is 5.92. The molecule has 4 heteroatoms. The molecule has 0 heterocycles. The van der Waals surface area contributed by atoms with Gasteiger partial charge in [0.15, 0.2) is 0 Å². The smallest absolute Gasteiger partial charge is 0.341 e. The Balaban J connectivity index is 1.84. The fourth-order valence-corrected chi connectivity index (χ4v) is 2.70. The number of hydrogen-bond donors (Lipinski definition) is 1. The lowest BCUT2D eigenvalue weighted by atomic mass is 9.87. The van der Waals surface area contributed by atoms with Crippen LogP contribution in [0.5, 0.6) is 11.5 Å². The second-order valence-corrected chi connectivity index (χ2v) is 5.31. The SMILES string of the molecule is COC(=O)c1ccc(OCCC2CCCCC2)cc1O. The van der Waals surface area contributed by atoms with E-state index < -0.39 is 5.97 Å². The molecule has 1 saturated carbocycles.